The Bertz CT molecular complexity index is 323. The van der Waals surface area contributed by atoms with Gasteiger partial charge in [-0.05, 0) is 37.0 Å². The van der Waals surface area contributed by atoms with Crippen LogP contribution in [0.15, 0.2) is 18.2 Å². The summed E-state index contributed by atoms with van der Waals surface area (Å²) in [4.78, 5) is 0. The molecule has 0 spiro atoms. The summed E-state index contributed by atoms with van der Waals surface area (Å²) in [6.45, 7) is 0. The Morgan fingerprint density at radius 2 is 2.15 bits per heavy atom. The number of nitrogens with two attached hydrogens (primary N) is 1. The van der Waals surface area contributed by atoms with Crippen LogP contribution < -0.4 is 5.73 Å². The molecule has 0 bridgehead atoms. The molecule has 1 saturated carbocycles. The molecule has 1 aromatic carbocycles. The number of benzene rings is 1. The first-order valence-corrected chi connectivity index (χ1v) is 4.80. The van der Waals surface area contributed by atoms with Gasteiger partial charge < -0.3 is 10.8 Å². The van der Waals surface area contributed by atoms with Gasteiger partial charge in [0.2, 0.25) is 0 Å². The summed E-state index contributed by atoms with van der Waals surface area (Å²) in [6.07, 6.45) is 2.32. The molecule has 13 heavy (non-hydrogen) atoms. The van der Waals surface area contributed by atoms with Crippen molar-refractivity contribution >= 4 is 11.6 Å². The number of hydrogen-bond donors (Lipinski definition) is 2. The second-order valence-electron chi connectivity index (χ2n) is 3.57. The standard InChI is InChI=1S/C10H12ClNO/c11-7-3-4-9(13)8(5-7)10(12)6-1-2-6/h3-6,10,13H,1-2,12H2. The van der Waals surface area contributed by atoms with Gasteiger partial charge in [0.1, 0.15) is 5.75 Å². The lowest BCUT2D eigenvalue weighted by Crippen LogP contribution is -2.12. The van der Waals surface area contributed by atoms with Crippen LogP contribution in [-0.4, -0.2) is 5.11 Å². The fraction of sp³-hybridized carbons (Fsp3) is 0.400. The van der Waals surface area contributed by atoms with Crippen molar-refractivity contribution in [2.45, 2.75) is 18.9 Å². The van der Waals surface area contributed by atoms with E-state index < -0.39 is 0 Å². The van der Waals surface area contributed by atoms with Crippen molar-refractivity contribution in [2.75, 3.05) is 0 Å². The molecule has 0 amide bonds. The fourth-order valence-corrected chi connectivity index (χ4v) is 1.68. The molecular formula is C10H12ClNO. The van der Waals surface area contributed by atoms with E-state index in [4.69, 9.17) is 17.3 Å². The van der Waals surface area contributed by atoms with Crippen LogP contribution in [-0.2, 0) is 0 Å². The second-order valence-corrected chi connectivity index (χ2v) is 4.00. The van der Waals surface area contributed by atoms with Crippen molar-refractivity contribution < 1.29 is 5.11 Å². The van der Waals surface area contributed by atoms with Gasteiger partial charge in [0, 0.05) is 16.6 Å². The highest BCUT2D eigenvalue weighted by Gasteiger charge is 2.30. The summed E-state index contributed by atoms with van der Waals surface area (Å²) in [5.41, 5.74) is 6.72. The molecule has 70 valence electrons. The maximum Gasteiger partial charge on any atom is 0.120 e. The molecule has 1 atom stereocenters. The Morgan fingerprint density at radius 1 is 1.46 bits per heavy atom. The van der Waals surface area contributed by atoms with Crippen molar-refractivity contribution in [3.05, 3.63) is 28.8 Å². The molecule has 2 rings (SSSR count). The van der Waals surface area contributed by atoms with Crippen molar-refractivity contribution in [2.24, 2.45) is 11.7 Å². The number of rotatable bonds is 2. The van der Waals surface area contributed by atoms with Crippen LogP contribution in [0.3, 0.4) is 0 Å². The molecule has 0 saturated heterocycles. The zero-order valence-corrected chi connectivity index (χ0v) is 7.96. The first-order valence-electron chi connectivity index (χ1n) is 4.42. The normalized spacial score (nSPS) is 18.6. The van der Waals surface area contributed by atoms with Crippen LogP contribution in [0.1, 0.15) is 24.4 Å². The second kappa shape index (κ2) is 3.20. The number of aromatic hydroxyl groups is 1. The maximum absolute atomic E-state index is 9.54. The molecule has 1 aromatic rings. The lowest BCUT2D eigenvalue weighted by molar-refractivity contribution is 0.456. The topological polar surface area (TPSA) is 46.2 Å². The van der Waals surface area contributed by atoms with Crippen LogP contribution in [0, 0.1) is 5.92 Å². The van der Waals surface area contributed by atoms with E-state index in [1.54, 1.807) is 18.2 Å². The molecule has 1 unspecified atom stereocenters. The Morgan fingerprint density at radius 3 is 2.77 bits per heavy atom. The van der Waals surface area contributed by atoms with Crippen LogP contribution in [0.4, 0.5) is 0 Å². The van der Waals surface area contributed by atoms with E-state index in [1.807, 2.05) is 0 Å². The van der Waals surface area contributed by atoms with E-state index in [-0.39, 0.29) is 11.8 Å². The molecule has 0 aliphatic heterocycles. The van der Waals surface area contributed by atoms with Crippen LogP contribution in [0.5, 0.6) is 5.75 Å². The molecule has 1 aliphatic carbocycles. The monoisotopic (exact) mass is 197 g/mol. The highest BCUT2D eigenvalue weighted by atomic mass is 35.5. The largest absolute Gasteiger partial charge is 0.508 e. The average molecular weight is 198 g/mol. The van der Waals surface area contributed by atoms with Crippen molar-refractivity contribution in [1.29, 1.82) is 0 Å². The van der Waals surface area contributed by atoms with Gasteiger partial charge in [0.25, 0.3) is 0 Å². The predicted molar refractivity (Wildman–Crippen MR) is 52.8 cm³/mol. The lowest BCUT2D eigenvalue weighted by Gasteiger charge is -2.12. The average Bonchev–Trinajstić information content (AvgIpc) is 2.91. The SMILES string of the molecule is NC(c1cc(Cl)ccc1O)C1CC1. The Balaban J connectivity index is 2.31. The third-order valence-corrected chi connectivity index (χ3v) is 2.71. The molecule has 3 N–H and O–H groups in total. The fourth-order valence-electron chi connectivity index (χ4n) is 1.50. The summed E-state index contributed by atoms with van der Waals surface area (Å²) in [6, 6.07) is 4.96. The molecule has 3 heteroatoms. The number of hydrogen-bond acceptors (Lipinski definition) is 2. The maximum atomic E-state index is 9.54. The van der Waals surface area contributed by atoms with Crippen molar-refractivity contribution in [1.82, 2.24) is 0 Å². The minimum absolute atomic E-state index is 0.0568. The van der Waals surface area contributed by atoms with E-state index in [0.29, 0.717) is 10.9 Å². The predicted octanol–water partition coefficient (Wildman–Crippen LogP) is 2.46. The summed E-state index contributed by atoms with van der Waals surface area (Å²) in [5.74, 6) is 0.785. The third kappa shape index (κ3) is 1.79. The highest BCUT2D eigenvalue weighted by Crippen LogP contribution is 2.42. The minimum Gasteiger partial charge on any atom is -0.508 e. The Kier molecular flexibility index (Phi) is 2.18. The van der Waals surface area contributed by atoms with Crippen LogP contribution >= 0.6 is 11.6 Å². The molecule has 0 heterocycles. The van der Waals surface area contributed by atoms with Gasteiger partial charge in [-0.1, -0.05) is 11.6 Å². The minimum atomic E-state index is -0.0568. The summed E-state index contributed by atoms with van der Waals surface area (Å²) in [5, 5.41) is 10.2. The lowest BCUT2D eigenvalue weighted by atomic mass is 10.0. The van der Waals surface area contributed by atoms with Gasteiger partial charge in [0.15, 0.2) is 0 Å². The number of halogens is 1. The first-order chi connectivity index (χ1) is 6.18. The summed E-state index contributed by atoms with van der Waals surface area (Å²) in [7, 11) is 0. The van der Waals surface area contributed by atoms with E-state index in [9.17, 15) is 5.11 Å². The molecule has 0 aromatic heterocycles. The van der Waals surface area contributed by atoms with Gasteiger partial charge in [-0.3, -0.25) is 0 Å². The molecular weight excluding hydrogens is 186 g/mol. The van der Waals surface area contributed by atoms with Crippen LogP contribution in [0.2, 0.25) is 5.02 Å². The summed E-state index contributed by atoms with van der Waals surface area (Å²) < 4.78 is 0. The molecule has 0 radical (unpaired) electrons. The quantitative estimate of drug-likeness (QED) is 0.765. The molecule has 1 fully saturated rings. The number of phenols is 1. The Hall–Kier alpha value is -0.730. The van der Waals surface area contributed by atoms with Crippen LogP contribution in [0.25, 0.3) is 0 Å². The third-order valence-electron chi connectivity index (χ3n) is 2.48. The molecule has 2 nitrogen and oxygen atoms in total. The zero-order valence-electron chi connectivity index (χ0n) is 7.20. The zero-order chi connectivity index (χ0) is 9.42. The van der Waals surface area contributed by atoms with E-state index in [2.05, 4.69) is 0 Å². The highest BCUT2D eigenvalue weighted by molar-refractivity contribution is 6.30. The van der Waals surface area contributed by atoms with Gasteiger partial charge in [-0.15, -0.1) is 0 Å². The summed E-state index contributed by atoms with van der Waals surface area (Å²) >= 11 is 5.82. The number of phenolic OH excluding ortho intramolecular Hbond substituents is 1. The smallest absolute Gasteiger partial charge is 0.120 e. The van der Waals surface area contributed by atoms with E-state index in [0.717, 1.165) is 18.4 Å². The van der Waals surface area contributed by atoms with Crippen molar-refractivity contribution in [3.8, 4) is 5.75 Å². The first kappa shape index (κ1) is 8.85. The van der Waals surface area contributed by atoms with E-state index >= 15 is 0 Å². The van der Waals surface area contributed by atoms with Gasteiger partial charge in [0.05, 0.1) is 0 Å². The van der Waals surface area contributed by atoms with Gasteiger partial charge in [-0.25, -0.2) is 0 Å². The Labute approximate surface area is 82.3 Å². The van der Waals surface area contributed by atoms with Gasteiger partial charge >= 0.3 is 0 Å². The van der Waals surface area contributed by atoms with Crippen molar-refractivity contribution in [3.63, 3.8) is 0 Å². The van der Waals surface area contributed by atoms with E-state index in [1.165, 1.54) is 0 Å². The van der Waals surface area contributed by atoms with Gasteiger partial charge in [-0.2, -0.15) is 0 Å². The molecule has 1 aliphatic rings.